The first kappa shape index (κ1) is 32.8. The van der Waals surface area contributed by atoms with Crippen molar-refractivity contribution in [2.45, 2.75) is 63.3 Å². The molecule has 2 aliphatic heterocycles. The molecule has 1 aromatic carbocycles. The van der Waals surface area contributed by atoms with Crippen LogP contribution in [0.1, 0.15) is 32.8 Å². The first-order valence-corrected chi connectivity index (χ1v) is 13.1. The molecule has 0 spiro atoms. The molecular formula is C28H32N2O13. The number of nitrogens with zero attached hydrogens (tertiary/aromatic N) is 2. The predicted molar refractivity (Wildman–Crippen MR) is 143 cm³/mol. The van der Waals surface area contributed by atoms with Gasteiger partial charge in [0.25, 0.3) is 5.60 Å². The van der Waals surface area contributed by atoms with Crippen molar-refractivity contribution in [3.05, 3.63) is 29.8 Å². The third-order valence-corrected chi connectivity index (χ3v) is 6.87. The van der Waals surface area contributed by atoms with Crippen molar-refractivity contribution in [3.8, 4) is 12.3 Å². The second-order valence-corrected chi connectivity index (χ2v) is 9.96. The van der Waals surface area contributed by atoms with E-state index in [-0.39, 0.29) is 11.6 Å². The molecule has 0 saturated carbocycles. The van der Waals surface area contributed by atoms with Gasteiger partial charge in [0.1, 0.15) is 6.10 Å². The van der Waals surface area contributed by atoms with Gasteiger partial charge in [0, 0.05) is 53.0 Å². The lowest BCUT2D eigenvalue weighted by Crippen LogP contribution is -2.57. The minimum Gasteiger partial charge on any atom is -0.479 e. The monoisotopic (exact) mass is 604 g/mol. The van der Waals surface area contributed by atoms with Crippen molar-refractivity contribution in [2.24, 2.45) is 0 Å². The fourth-order valence-electron chi connectivity index (χ4n) is 4.84. The molecule has 2 amide bonds. The molecule has 1 unspecified atom stereocenters. The van der Waals surface area contributed by atoms with E-state index < -0.39 is 72.6 Å². The summed E-state index contributed by atoms with van der Waals surface area (Å²) in [4.78, 5) is 76.0. The van der Waals surface area contributed by atoms with Crippen LogP contribution in [-0.4, -0.2) is 107 Å². The van der Waals surface area contributed by atoms with Crippen molar-refractivity contribution in [1.82, 2.24) is 4.90 Å². The van der Waals surface area contributed by atoms with Crippen molar-refractivity contribution in [3.63, 3.8) is 0 Å². The fourth-order valence-corrected chi connectivity index (χ4v) is 4.84. The smallest absolute Gasteiger partial charge is 0.348 e. The summed E-state index contributed by atoms with van der Waals surface area (Å²) in [5, 5.41) is 20.1. The van der Waals surface area contributed by atoms with Gasteiger partial charge < -0.3 is 38.8 Å². The van der Waals surface area contributed by atoms with Gasteiger partial charge in [-0.05, 0) is 24.1 Å². The Kier molecular flexibility index (Phi) is 10.00. The third kappa shape index (κ3) is 6.87. The van der Waals surface area contributed by atoms with Gasteiger partial charge in [-0.3, -0.25) is 19.3 Å². The Balaban J connectivity index is 1.93. The molecule has 3 rings (SSSR count). The van der Waals surface area contributed by atoms with Gasteiger partial charge in [0.15, 0.2) is 0 Å². The quantitative estimate of drug-likeness (QED) is 0.154. The van der Waals surface area contributed by atoms with Gasteiger partial charge in [0.2, 0.25) is 18.0 Å². The second-order valence-electron chi connectivity index (χ2n) is 9.96. The van der Waals surface area contributed by atoms with Crippen LogP contribution in [0.2, 0.25) is 0 Å². The highest BCUT2D eigenvalue weighted by Gasteiger charge is 2.63. The van der Waals surface area contributed by atoms with Crippen LogP contribution in [0, 0.1) is 12.3 Å². The summed E-state index contributed by atoms with van der Waals surface area (Å²) in [7, 11) is 1.67. The molecule has 0 radical (unpaired) electrons. The number of terminal acetylenes is 1. The van der Waals surface area contributed by atoms with E-state index in [0.29, 0.717) is 18.8 Å². The summed E-state index contributed by atoms with van der Waals surface area (Å²) in [5.74, 6) is -4.35. The standard InChI is InChI=1S/C28H32N2O13/c1-6-27(43-18(4)33)21(42-23(41-17(3)32)22(27)40-16(2)31)15-39-28(24(34)35,25(36)37)14-19-8-10-20(11-9-19)30-13-7-12-29(5)26(30)38/h1,8-11,21-23H,7,12-15H2,2-5H3,(H,34,35)(H,36,37)/t21-,22+,23?,27-/m1/s1. The summed E-state index contributed by atoms with van der Waals surface area (Å²) in [5.41, 5.74) is -4.43. The van der Waals surface area contributed by atoms with Crippen LogP contribution in [0.4, 0.5) is 10.5 Å². The Labute approximate surface area is 246 Å². The normalized spacial score (nSPS) is 23.7. The highest BCUT2D eigenvalue weighted by atomic mass is 16.8. The zero-order chi connectivity index (χ0) is 32.1. The number of carbonyl (C=O) groups excluding carboxylic acids is 4. The number of amides is 2. The molecule has 2 saturated heterocycles. The van der Waals surface area contributed by atoms with Crippen molar-refractivity contribution < 1.29 is 62.7 Å². The summed E-state index contributed by atoms with van der Waals surface area (Å²) in [6, 6.07) is 5.82. The van der Waals surface area contributed by atoms with Crippen LogP contribution >= 0.6 is 0 Å². The molecule has 1 aromatic rings. The Morgan fingerprint density at radius 1 is 1.02 bits per heavy atom. The number of urea groups is 1. The van der Waals surface area contributed by atoms with E-state index in [9.17, 15) is 39.0 Å². The summed E-state index contributed by atoms with van der Waals surface area (Å²) in [6.07, 6.45) is 0.673. The minimum atomic E-state index is -2.90. The zero-order valence-electron chi connectivity index (χ0n) is 23.9. The summed E-state index contributed by atoms with van der Waals surface area (Å²) >= 11 is 0. The highest BCUT2D eigenvalue weighted by molar-refractivity contribution is 6.02. The maximum Gasteiger partial charge on any atom is 0.348 e. The predicted octanol–water partition coefficient (Wildman–Crippen LogP) is 0.570. The van der Waals surface area contributed by atoms with Crippen molar-refractivity contribution in [1.29, 1.82) is 0 Å². The molecule has 2 fully saturated rings. The minimum absolute atomic E-state index is 0.215. The van der Waals surface area contributed by atoms with E-state index in [0.717, 1.165) is 27.2 Å². The van der Waals surface area contributed by atoms with E-state index in [4.69, 9.17) is 30.1 Å². The van der Waals surface area contributed by atoms with Gasteiger partial charge in [-0.15, -0.1) is 6.42 Å². The number of rotatable bonds is 11. The van der Waals surface area contributed by atoms with Gasteiger partial charge >= 0.3 is 35.9 Å². The van der Waals surface area contributed by atoms with Gasteiger partial charge in [-0.25, -0.2) is 14.4 Å². The van der Waals surface area contributed by atoms with E-state index in [2.05, 4.69) is 5.92 Å². The summed E-state index contributed by atoms with van der Waals surface area (Å²) in [6.45, 7) is 3.18. The maximum absolute atomic E-state index is 12.5. The first-order chi connectivity index (χ1) is 20.2. The summed E-state index contributed by atoms with van der Waals surface area (Å²) < 4.78 is 26.6. The fraction of sp³-hybridized carbons (Fsp3) is 0.500. The lowest BCUT2D eigenvalue weighted by Gasteiger charge is -2.34. The molecular weight excluding hydrogens is 572 g/mol. The first-order valence-electron chi connectivity index (χ1n) is 13.1. The van der Waals surface area contributed by atoms with Crippen LogP contribution in [0.15, 0.2) is 24.3 Å². The molecule has 2 N–H and O–H groups in total. The van der Waals surface area contributed by atoms with E-state index in [1.807, 2.05) is 0 Å². The number of carboxylic acids is 2. The largest absolute Gasteiger partial charge is 0.479 e. The molecule has 43 heavy (non-hydrogen) atoms. The molecule has 15 nitrogen and oxygen atoms in total. The van der Waals surface area contributed by atoms with Crippen LogP contribution in [0.25, 0.3) is 0 Å². The van der Waals surface area contributed by atoms with Crippen molar-refractivity contribution >= 4 is 41.6 Å². The molecule has 0 aliphatic carbocycles. The molecule has 4 atom stereocenters. The number of aliphatic carboxylic acids is 2. The lowest BCUT2D eigenvalue weighted by atomic mass is 9.91. The molecule has 232 valence electrons. The Morgan fingerprint density at radius 2 is 1.63 bits per heavy atom. The average Bonchev–Trinajstić information content (AvgIpc) is 3.18. The number of carboxylic acid groups (broad SMARTS) is 2. The van der Waals surface area contributed by atoms with E-state index in [1.165, 1.54) is 17.0 Å². The molecule has 0 bridgehead atoms. The Morgan fingerprint density at radius 3 is 2.14 bits per heavy atom. The molecule has 0 aromatic heterocycles. The van der Waals surface area contributed by atoms with E-state index in [1.54, 1.807) is 24.1 Å². The number of hydrogen-bond acceptors (Lipinski definition) is 11. The van der Waals surface area contributed by atoms with Crippen LogP contribution in [0.3, 0.4) is 0 Å². The molecule has 15 heteroatoms. The zero-order valence-corrected chi connectivity index (χ0v) is 23.9. The SMILES string of the molecule is C#C[C@@]1(OC(C)=O)[C@@H](COC(Cc2ccc(N3CCCN(C)C3=O)cc2)(C(=O)O)C(=O)O)OC(OC(C)=O)[C@@H]1OC(C)=O. The number of esters is 3. The van der Waals surface area contributed by atoms with Crippen LogP contribution in [0.5, 0.6) is 0 Å². The number of benzene rings is 1. The van der Waals surface area contributed by atoms with Crippen molar-refractivity contribution in [2.75, 3.05) is 31.6 Å². The lowest BCUT2D eigenvalue weighted by molar-refractivity contribution is -0.203. The topological polar surface area (TPSA) is 196 Å². The van der Waals surface area contributed by atoms with Gasteiger partial charge in [-0.2, -0.15) is 0 Å². The van der Waals surface area contributed by atoms with Gasteiger partial charge in [0.05, 0.1) is 6.61 Å². The van der Waals surface area contributed by atoms with Crippen LogP contribution in [-0.2, 0) is 54.1 Å². The molecule has 2 aliphatic rings. The Hall–Kier alpha value is -4.68. The second kappa shape index (κ2) is 13.1. The Bertz CT molecular complexity index is 1310. The number of hydrogen-bond donors (Lipinski definition) is 2. The third-order valence-electron chi connectivity index (χ3n) is 6.87. The maximum atomic E-state index is 12.5. The van der Waals surface area contributed by atoms with Gasteiger partial charge in [-0.1, -0.05) is 18.1 Å². The van der Waals surface area contributed by atoms with Crippen LogP contribution < -0.4 is 4.90 Å². The molecule has 2 heterocycles. The number of ether oxygens (including phenoxy) is 5. The number of carbonyl (C=O) groups is 6. The highest BCUT2D eigenvalue weighted by Crippen LogP contribution is 2.38. The van der Waals surface area contributed by atoms with E-state index >= 15 is 0 Å². The number of anilines is 1. The average molecular weight is 605 g/mol.